The zero-order valence-electron chi connectivity index (χ0n) is 28.1. The quantitative estimate of drug-likeness (QED) is 0.135. The summed E-state index contributed by atoms with van der Waals surface area (Å²) in [6.07, 6.45) is 0.665. The predicted octanol–water partition coefficient (Wildman–Crippen LogP) is 6.71. The summed E-state index contributed by atoms with van der Waals surface area (Å²) < 4.78 is 73.9. The standard InChI is InChI=1S/C35H39ClF3N7O4S/c1-34(2)21-23(22-40-34)8-7-17-45(25-9-4-3-5-10-25)28-11-6-12-31(41-28)51(48,49)44-33(47)26-13-14-29(42-32(26)36)46-18-15-30(43-46)50-19-16-24-20-27(24)35(37,38)39/h3-6,9-15,18,23-24,27,40H,7-8,16-17,19-22H2,1-2H3,(H,44,47)/t23-,24?,27?/m0/s1. The number of amides is 1. The molecule has 272 valence electrons. The second-order valence-corrected chi connectivity index (χ2v) is 15.6. The number of aromatic nitrogens is 4. The van der Waals surface area contributed by atoms with Crippen LogP contribution in [0.15, 0.2) is 78.0 Å². The van der Waals surface area contributed by atoms with E-state index in [1.807, 2.05) is 40.0 Å². The van der Waals surface area contributed by atoms with Crippen LogP contribution < -0.4 is 19.7 Å². The third kappa shape index (κ3) is 9.18. The average molecular weight is 746 g/mol. The van der Waals surface area contributed by atoms with Crippen LogP contribution >= 0.6 is 11.6 Å². The van der Waals surface area contributed by atoms with Gasteiger partial charge in [-0.3, -0.25) is 4.79 Å². The number of para-hydroxylation sites is 1. The van der Waals surface area contributed by atoms with Crippen LogP contribution in [0.2, 0.25) is 5.15 Å². The number of ether oxygens (including phenoxy) is 1. The Kier molecular flexibility index (Phi) is 10.6. The molecule has 11 nitrogen and oxygen atoms in total. The molecule has 2 aliphatic rings. The smallest absolute Gasteiger partial charge is 0.392 e. The normalized spacial score (nSPS) is 19.8. The molecule has 1 amide bonds. The fraction of sp³-hybridized carbons (Fsp3) is 0.429. The minimum absolute atomic E-state index is 0.0784. The van der Waals surface area contributed by atoms with Gasteiger partial charge in [-0.05, 0) is 101 Å². The molecule has 0 spiro atoms. The zero-order valence-corrected chi connectivity index (χ0v) is 29.7. The number of hydrogen-bond acceptors (Lipinski definition) is 9. The van der Waals surface area contributed by atoms with E-state index >= 15 is 0 Å². The number of halogens is 4. The number of nitrogens with one attached hydrogen (secondary N) is 2. The van der Waals surface area contributed by atoms with Crippen molar-refractivity contribution in [2.24, 2.45) is 17.8 Å². The van der Waals surface area contributed by atoms with Crippen molar-refractivity contribution in [3.8, 4) is 11.7 Å². The van der Waals surface area contributed by atoms with E-state index in [9.17, 15) is 26.4 Å². The van der Waals surface area contributed by atoms with E-state index in [1.165, 1.54) is 35.1 Å². The predicted molar refractivity (Wildman–Crippen MR) is 186 cm³/mol. The molecule has 1 aliphatic heterocycles. The van der Waals surface area contributed by atoms with Crippen LogP contribution in [0, 0.1) is 17.8 Å². The van der Waals surface area contributed by atoms with Gasteiger partial charge < -0.3 is 15.0 Å². The number of hydrogen-bond donors (Lipinski definition) is 2. The number of anilines is 2. The van der Waals surface area contributed by atoms with E-state index in [0.29, 0.717) is 18.3 Å². The van der Waals surface area contributed by atoms with Gasteiger partial charge in [0, 0.05) is 30.0 Å². The first-order valence-electron chi connectivity index (χ1n) is 16.7. The maximum Gasteiger partial charge on any atom is 0.392 e. The molecule has 2 unspecified atom stereocenters. The first-order valence-corrected chi connectivity index (χ1v) is 18.6. The van der Waals surface area contributed by atoms with E-state index < -0.39 is 33.9 Å². The van der Waals surface area contributed by atoms with Crippen molar-refractivity contribution >= 4 is 39.0 Å². The third-order valence-corrected chi connectivity index (χ3v) is 10.7. The van der Waals surface area contributed by atoms with Crippen LogP contribution in [0.4, 0.5) is 24.7 Å². The molecule has 1 saturated heterocycles. The van der Waals surface area contributed by atoms with Crippen molar-refractivity contribution in [1.82, 2.24) is 29.8 Å². The Balaban J connectivity index is 1.09. The molecule has 2 fully saturated rings. The molecular formula is C35H39ClF3N7O4S. The number of carbonyl (C=O) groups excluding carboxylic acids is 1. The number of rotatable bonds is 14. The molecule has 16 heteroatoms. The van der Waals surface area contributed by atoms with Crippen LogP contribution in [-0.4, -0.2) is 65.5 Å². The summed E-state index contributed by atoms with van der Waals surface area (Å²) in [5.41, 5.74) is 0.789. The first-order chi connectivity index (χ1) is 24.2. The number of sulfonamides is 1. The van der Waals surface area contributed by atoms with Gasteiger partial charge in [0.25, 0.3) is 15.9 Å². The summed E-state index contributed by atoms with van der Waals surface area (Å²) in [4.78, 5) is 23.8. The Morgan fingerprint density at radius 1 is 1.08 bits per heavy atom. The molecule has 3 atom stereocenters. The van der Waals surface area contributed by atoms with Crippen molar-refractivity contribution in [3.63, 3.8) is 0 Å². The highest BCUT2D eigenvalue weighted by atomic mass is 35.5. The van der Waals surface area contributed by atoms with Gasteiger partial charge in [0.2, 0.25) is 5.88 Å². The van der Waals surface area contributed by atoms with Crippen molar-refractivity contribution < 1.29 is 31.1 Å². The topological polar surface area (TPSA) is 131 Å². The van der Waals surface area contributed by atoms with Crippen LogP contribution in [0.25, 0.3) is 5.82 Å². The van der Waals surface area contributed by atoms with E-state index in [1.54, 1.807) is 12.1 Å². The summed E-state index contributed by atoms with van der Waals surface area (Å²) in [6, 6.07) is 18.5. The van der Waals surface area contributed by atoms with Crippen LogP contribution in [0.1, 0.15) is 56.3 Å². The second kappa shape index (κ2) is 14.8. The Morgan fingerprint density at radius 3 is 2.55 bits per heavy atom. The second-order valence-electron chi connectivity index (χ2n) is 13.6. The van der Waals surface area contributed by atoms with Gasteiger partial charge in [0.1, 0.15) is 11.0 Å². The van der Waals surface area contributed by atoms with Gasteiger partial charge in [-0.1, -0.05) is 35.9 Å². The SMILES string of the molecule is CC1(C)C[C@H](CCCN(c2ccccc2)c2cccc(S(=O)(=O)NC(=O)c3ccc(-n4ccc(OCCC5CC5C(F)(F)F)n4)nc3Cl)n2)CN1. The summed E-state index contributed by atoms with van der Waals surface area (Å²) in [5, 5.41) is 7.15. The molecule has 4 heterocycles. The highest BCUT2D eigenvalue weighted by Gasteiger charge is 2.55. The van der Waals surface area contributed by atoms with Crippen molar-refractivity contribution in [1.29, 1.82) is 0 Å². The van der Waals surface area contributed by atoms with Crippen molar-refractivity contribution in [2.45, 2.75) is 62.7 Å². The number of nitrogens with zero attached hydrogens (tertiary/aromatic N) is 5. The van der Waals surface area contributed by atoms with Crippen LogP contribution in [-0.2, 0) is 10.0 Å². The zero-order chi connectivity index (χ0) is 36.4. The average Bonchev–Trinajstić information content (AvgIpc) is 3.59. The molecule has 0 bridgehead atoms. The molecular weight excluding hydrogens is 707 g/mol. The Labute approximate surface area is 299 Å². The fourth-order valence-corrected chi connectivity index (χ4v) is 7.63. The molecule has 3 aromatic heterocycles. The molecule has 1 saturated carbocycles. The maximum absolute atomic E-state index is 13.4. The summed E-state index contributed by atoms with van der Waals surface area (Å²) >= 11 is 6.32. The Hall–Kier alpha value is -4.21. The Bertz CT molecular complexity index is 1960. The summed E-state index contributed by atoms with van der Waals surface area (Å²) in [6.45, 7) is 6.06. The maximum atomic E-state index is 13.4. The highest BCUT2D eigenvalue weighted by molar-refractivity contribution is 7.90. The van der Waals surface area contributed by atoms with E-state index in [0.717, 1.165) is 31.5 Å². The monoisotopic (exact) mass is 745 g/mol. The minimum atomic E-state index is -4.42. The summed E-state index contributed by atoms with van der Waals surface area (Å²) in [7, 11) is -4.42. The lowest BCUT2D eigenvalue weighted by Gasteiger charge is -2.25. The molecule has 6 rings (SSSR count). The molecule has 4 aromatic rings. The van der Waals surface area contributed by atoms with Gasteiger partial charge in [-0.25, -0.2) is 19.4 Å². The van der Waals surface area contributed by atoms with Crippen LogP contribution in [0.3, 0.4) is 0 Å². The van der Waals surface area contributed by atoms with E-state index in [4.69, 9.17) is 16.3 Å². The van der Waals surface area contributed by atoms with Crippen LogP contribution in [0.5, 0.6) is 5.88 Å². The molecule has 51 heavy (non-hydrogen) atoms. The lowest BCUT2D eigenvalue weighted by Crippen LogP contribution is -2.32. The van der Waals surface area contributed by atoms with Gasteiger partial charge in [-0.15, -0.1) is 5.10 Å². The number of benzene rings is 1. The van der Waals surface area contributed by atoms with Gasteiger partial charge in [-0.2, -0.15) is 21.6 Å². The van der Waals surface area contributed by atoms with Crippen molar-refractivity contribution in [2.75, 3.05) is 24.6 Å². The molecule has 1 aromatic carbocycles. The molecule has 2 N–H and O–H groups in total. The van der Waals surface area contributed by atoms with Gasteiger partial charge in [0.05, 0.1) is 18.1 Å². The Morgan fingerprint density at radius 2 is 1.86 bits per heavy atom. The number of pyridine rings is 2. The third-order valence-electron chi connectivity index (χ3n) is 9.18. The minimum Gasteiger partial charge on any atom is -0.477 e. The lowest BCUT2D eigenvalue weighted by atomic mass is 9.93. The lowest BCUT2D eigenvalue weighted by molar-refractivity contribution is -0.151. The molecule has 1 aliphatic carbocycles. The fourth-order valence-electron chi connectivity index (χ4n) is 6.46. The first kappa shape index (κ1) is 36.6. The number of carbonyl (C=O) groups is 1. The highest BCUT2D eigenvalue weighted by Crippen LogP contribution is 2.51. The van der Waals surface area contributed by atoms with Gasteiger partial charge in [0.15, 0.2) is 10.8 Å². The van der Waals surface area contributed by atoms with Crippen molar-refractivity contribution in [3.05, 3.63) is 83.6 Å². The van der Waals surface area contributed by atoms with E-state index in [2.05, 4.69) is 34.2 Å². The van der Waals surface area contributed by atoms with E-state index in [-0.39, 0.29) is 52.4 Å². The van der Waals surface area contributed by atoms with Gasteiger partial charge >= 0.3 is 6.18 Å². The largest absolute Gasteiger partial charge is 0.477 e. The summed E-state index contributed by atoms with van der Waals surface area (Å²) in [5.74, 6) is -1.35. The number of alkyl halides is 3. The molecule has 0 radical (unpaired) electrons.